The number of anilines is 6. The molecule has 5 rings (SSSR count). The molecule has 35 heavy (non-hydrogen) atoms. The van der Waals surface area contributed by atoms with Crippen molar-refractivity contribution in [3.05, 3.63) is 152 Å². The lowest BCUT2D eigenvalue weighted by Crippen LogP contribution is -2.14. The third-order valence-electron chi connectivity index (χ3n) is 6.04. The molecule has 0 aromatic heterocycles. The Morgan fingerprint density at radius 2 is 1.37 bits per heavy atom. The van der Waals surface area contributed by atoms with Crippen molar-refractivity contribution < 1.29 is 0 Å². The molecule has 0 saturated carbocycles. The molecule has 0 bridgehead atoms. The maximum atomic E-state index is 5.99. The fourth-order valence-electron chi connectivity index (χ4n) is 4.29. The molecule has 1 heterocycles. The van der Waals surface area contributed by atoms with E-state index in [1.807, 2.05) is 66.7 Å². The third-order valence-corrected chi connectivity index (χ3v) is 6.04. The molecular formula is C32H27N3. The fraction of sp³-hybridized carbons (Fsp3) is 0. The quantitative estimate of drug-likeness (QED) is 0.307. The number of allylic oxidation sites excluding steroid dienone is 5. The summed E-state index contributed by atoms with van der Waals surface area (Å²) in [6.45, 7) is 8.40. The summed E-state index contributed by atoms with van der Waals surface area (Å²) in [5.41, 5.74) is 15.0. The van der Waals surface area contributed by atoms with Crippen molar-refractivity contribution in [3.8, 4) is 0 Å². The van der Waals surface area contributed by atoms with Gasteiger partial charge in [0.25, 0.3) is 0 Å². The largest absolute Gasteiger partial charge is 0.399 e. The number of hydrogen-bond acceptors (Lipinski definition) is 3. The molecule has 1 aliphatic heterocycles. The standard InChI is InChI=1S/C32H27N3/c1-3-25-20-21-34(27-10-6-4-7-11-27)32-19-18-30(23-31(32)24(2)22-25)35(28-12-8-5-9-13-28)29-16-14-26(33)15-17-29/h3-23H,1-2,33H2. The van der Waals surface area contributed by atoms with E-state index in [2.05, 4.69) is 83.8 Å². The highest BCUT2D eigenvalue weighted by Crippen LogP contribution is 2.41. The van der Waals surface area contributed by atoms with Gasteiger partial charge in [0.15, 0.2) is 0 Å². The van der Waals surface area contributed by atoms with Crippen molar-refractivity contribution in [2.24, 2.45) is 0 Å². The molecule has 170 valence electrons. The van der Waals surface area contributed by atoms with E-state index in [4.69, 9.17) is 5.73 Å². The molecule has 4 aromatic rings. The van der Waals surface area contributed by atoms with Crippen LogP contribution >= 0.6 is 0 Å². The Labute approximate surface area is 207 Å². The molecular weight excluding hydrogens is 426 g/mol. The van der Waals surface area contributed by atoms with Crippen molar-refractivity contribution in [1.82, 2.24) is 0 Å². The van der Waals surface area contributed by atoms with Crippen LogP contribution in [0.5, 0.6) is 0 Å². The zero-order valence-corrected chi connectivity index (χ0v) is 19.5. The van der Waals surface area contributed by atoms with Crippen LogP contribution in [0, 0.1) is 0 Å². The number of benzene rings is 4. The summed E-state index contributed by atoms with van der Waals surface area (Å²) in [6, 6.07) is 35.1. The van der Waals surface area contributed by atoms with E-state index in [1.54, 1.807) is 0 Å². The normalized spacial score (nSPS) is 12.9. The number of rotatable bonds is 5. The van der Waals surface area contributed by atoms with Crippen LogP contribution in [0.2, 0.25) is 0 Å². The summed E-state index contributed by atoms with van der Waals surface area (Å²) in [6.07, 6.45) is 8.07. The van der Waals surface area contributed by atoms with Gasteiger partial charge < -0.3 is 15.5 Å². The lowest BCUT2D eigenvalue weighted by Gasteiger charge is -2.29. The van der Waals surface area contributed by atoms with Crippen molar-refractivity contribution in [1.29, 1.82) is 0 Å². The van der Waals surface area contributed by atoms with Crippen LogP contribution in [-0.4, -0.2) is 0 Å². The van der Waals surface area contributed by atoms with E-state index >= 15 is 0 Å². The summed E-state index contributed by atoms with van der Waals surface area (Å²) in [4.78, 5) is 4.42. The fourth-order valence-corrected chi connectivity index (χ4v) is 4.29. The highest BCUT2D eigenvalue weighted by atomic mass is 15.1. The van der Waals surface area contributed by atoms with Gasteiger partial charge in [0.1, 0.15) is 0 Å². The first-order valence-corrected chi connectivity index (χ1v) is 11.5. The van der Waals surface area contributed by atoms with Crippen LogP contribution in [0.25, 0.3) is 5.57 Å². The predicted molar refractivity (Wildman–Crippen MR) is 151 cm³/mol. The Balaban J connectivity index is 1.70. The lowest BCUT2D eigenvalue weighted by atomic mass is 9.98. The van der Waals surface area contributed by atoms with E-state index in [0.29, 0.717) is 0 Å². The smallest absolute Gasteiger partial charge is 0.0535 e. The first kappa shape index (κ1) is 22.1. The maximum absolute atomic E-state index is 5.99. The summed E-state index contributed by atoms with van der Waals surface area (Å²) < 4.78 is 0. The van der Waals surface area contributed by atoms with Crippen LogP contribution in [0.1, 0.15) is 5.56 Å². The van der Waals surface area contributed by atoms with E-state index < -0.39 is 0 Å². The molecule has 1 aliphatic rings. The van der Waals surface area contributed by atoms with E-state index in [9.17, 15) is 0 Å². The van der Waals surface area contributed by atoms with Crippen LogP contribution in [0.3, 0.4) is 0 Å². The monoisotopic (exact) mass is 453 g/mol. The van der Waals surface area contributed by atoms with E-state index in [-0.39, 0.29) is 0 Å². The van der Waals surface area contributed by atoms with Gasteiger partial charge in [-0.3, -0.25) is 0 Å². The van der Waals surface area contributed by atoms with Crippen molar-refractivity contribution in [2.75, 3.05) is 15.5 Å². The average molecular weight is 454 g/mol. The predicted octanol–water partition coefficient (Wildman–Crippen LogP) is 8.53. The Kier molecular flexibility index (Phi) is 6.06. The molecule has 0 fully saturated rings. The van der Waals surface area contributed by atoms with Gasteiger partial charge in [-0.1, -0.05) is 55.6 Å². The molecule has 0 aliphatic carbocycles. The van der Waals surface area contributed by atoms with Gasteiger partial charge in [-0.25, -0.2) is 0 Å². The topological polar surface area (TPSA) is 32.5 Å². The molecule has 0 atom stereocenters. The number of nitrogens with two attached hydrogens (primary N) is 1. The Bertz CT molecular complexity index is 1420. The second kappa shape index (κ2) is 9.62. The SMILES string of the molecule is C=CC1=CC(=C)c2cc(N(c3ccccc3)c3ccc(N)cc3)ccc2N(c2ccccc2)C=C1. The summed E-state index contributed by atoms with van der Waals surface area (Å²) in [5, 5.41) is 0. The molecule has 0 unspecified atom stereocenters. The second-order valence-electron chi connectivity index (χ2n) is 8.36. The van der Waals surface area contributed by atoms with Gasteiger partial charge in [0.05, 0.1) is 5.69 Å². The summed E-state index contributed by atoms with van der Waals surface area (Å²) in [7, 11) is 0. The zero-order valence-electron chi connectivity index (χ0n) is 19.5. The number of nitrogen functional groups attached to an aromatic ring is 1. The van der Waals surface area contributed by atoms with Gasteiger partial charge in [-0.2, -0.15) is 0 Å². The molecule has 0 spiro atoms. The van der Waals surface area contributed by atoms with Crippen LogP contribution < -0.4 is 15.5 Å². The highest BCUT2D eigenvalue weighted by molar-refractivity contribution is 5.90. The van der Waals surface area contributed by atoms with Crippen molar-refractivity contribution in [2.45, 2.75) is 0 Å². The molecule has 4 aromatic carbocycles. The first-order valence-electron chi connectivity index (χ1n) is 11.5. The number of nitrogens with zero attached hydrogens (tertiary/aromatic N) is 2. The highest BCUT2D eigenvalue weighted by Gasteiger charge is 2.19. The molecule has 3 nitrogen and oxygen atoms in total. The van der Waals surface area contributed by atoms with Crippen LogP contribution in [0.15, 0.2) is 146 Å². The number of fused-ring (bicyclic) bond motifs is 1. The average Bonchev–Trinajstić information content (AvgIpc) is 2.90. The molecule has 0 amide bonds. The minimum atomic E-state index is 0.737. The van der Waals surface area contributed by atoms with Crippen LogP contribution in [-0.2, 0) is 0 Å². The molecule has 2 N–H and O–H groups in total. The summed E-state index contributed by atoms with van der Waals surface area (Å²) in [5.74, 6) is 0. The summed E-state index contributed by atoms with van der Waals surface area (Å²) >= 11 is 0. The second-order valence-corrected chi connectivity index (χ2v) is 8.36. The van der Waals surface area contributed by atoms with E-state index in [1.165, 1.54) is 0 Å². The lowest BCUT2D eigenvalue weighted by molar-refractivity contribution is 1.24. The molecule has 3 heteroatoms. The molecule has 0 radical (unpaired) electrons. The van der Waals surface area contributed by atoms with E-state index in [0.717, 1.165) is 50.8 Å². The first-order chi connectivity index (χ1) is 17.1. The maximum Gasteiger partial charge on any atom is 0.0535 e. The third kappa shape index (κ3) is 4.53. The van der Waals surface area contributed by atoms with Crippen molar-refractivity contribution >= 4 is 39.7 Å². The number of para-hydroxylation sites is 2. The molecule has 0 saturated heterocycles. The zero-order chi connectivity index (χ0) is 24.2. The Morgan fingerprint density at radius 1 is 0.743 bits per heavy atom. The van der Waals surface area contributed by atoms with Gasteiger partial charge in [-0.05, 0) is 90.0 Å². The minimum Gasteiger partial charge on any atom is -0.399 e. The Morgan fingerprint density at radius 3 is 2.06 bits per heavy atom. The van der Waals surface area contributed by atoms with Gasteiger partial charge >= 0.3 is 0 Å². The Hall–Kier alpha value is -4.76. The minimum absolute atomic E-state index is 0.737. The van der Waals surface area contributed by atoms with Gasteiger partial charge in [0.2, 0.25) is 0 Å². The van der Waals surface area contributed by atoms with Gasteiger partial charge in [0, 0.05) is 40.2 Å². The van der Waals surface area contributed by atoms with Crippen molar-refractivity contribution in [3.63, 3.8) is 0 Å². The van der Waals surface area contributed by atoms with Gasteiger partial charge in [-0.15, -0.1) is 0 Å². The van der Waals surface area contributed by atoms with Crippen LogP contribution in [0.4, 0.5) is 34.1 Å². The number of hydrogen-bond donors (Lipinski definition) is 1.